The van der Waals surface area contributed by atoms with Gasteiger partial charge in [0, 0.05) is 17.9 Å². The maximum Gasteiger partial charge on any atom is 0.0992 e. The van der Waals surface area contributed by atoms with Crippen LogP contribution in [0.1, 0.15) is 23.9 Å². The molecule has 0 saturated carbocycles. The number of hydrogen-bond donors (Lipinski definition) is 0. The fraction of sp³-hybridized carbons (Fsp3) is 0.250. The summed E-state index contributed by atoms with van der Waals surface area (Å²) in [5.74, 6) is 0. The van der Waals surface area contributed by atoms with Gasteiger partial charge in [-0.15, -0.1) is 0 Å². The molecule has 1 aromatic carbocycles. The first-order chi connectivity index (χ1) is 9.22. The summed E-state index contributed by atoms with van der Waals surface area (Å²) in [7, 11) is 0. The van der Waals surface area contributed by atoms with E-state index in [0.717, 1.165) is 30.2 Å². The van der Waals surface area contributed by atoms with Gasteiger partial charge in [-0.3, -0.25) is 4.98 Å². The second-order valence-corrected chi connectivity index (χ2v) is 4.45. The lowest BCUT2D eigenvalue weighted by Crippen LogP contribution is -2.22. The summed E-state index contributed by atoms with van der Waals surface area (Å²) in [5, 5.41) is 8.96. The van der Waals surface area contributed by atoms with Crippen LogP contribution in [-0.2, 0) is 6.54 Å². The lowest BCUT2D eigenvalue weighted by Gasteiger charge is -2.23. The number of benzene rings is 1. The van der Waals surface area contributed by atoms with Crippen molar-refractivity contribution in [3.05, 3.63) is 59.4 Å². The third kappa shape index (κ3) is 3.32. The van der Waals surface area contributed by atoms with E-state index in [0.29, 0.717) is 5.56 Å². The first-order valence-corrected chi connectivity index (χ1v) is 6.40. The van der Waals surface area contributed by atoms with E-state index in [-0.39, 0.29) is 0 Å². The highest BCUT2D eigenvalue weighted by Crippen LogP contribution is 2.18. The van der Waals surface area contributed by atoms with Crippen molar-refractivity contribution in [1.29, 1.82) is 5.26 Å². The van der Waals surface area contributed by atoms with Crippen LogP contribution in [0.3, 0.4) is 0 Å². The van der Waals surface area contributed by atoms with Crippen molar-refractivity contribution in [2.24, 2.45) is 0 Å². The molecule has 0 aliphatic rings. The number of rotatable bonds is 4. The third-order valence-corrected chi connectivity index (χ3v) is 3.02. The monoisotopic (exact) mass is 251 g/mol. The minimum absolute atomic E-state index is 0.688. The second kappa shape index (κ2) is 6.01. The highest BCUT2D eigenvalue weighted by Gasteiger charge is 2.07. The zero-order valence-electron chi connectivity index (χ0n) is 11.3. The number of aromatic nitrogens is 1. The average Bonchev–Trinajstić information content (AvgIpc) is 2.45. The van der Waals surface area contributed by atoms with Gasteiger partial charge in [-0.25, -0.2) is 0 Å². The normalized spacial score (nSPS) is 9.95. The molecule has 0 N–H and O–H groups in total. The molecule has 0 unspecified atom stereocenters. The zero-order valence-corrected chi connectivity index (χ0v) is 11.3. The minimum atomic E-state index is 0.688. The van der Waals surface area contributed by atoms with Crippen molar-refractivity contribution in [3.63, 3.8) is 0 Å². The van der Waals surface area contributed by atoms with Gasteiger partial charge in [0.2, 0.25) is 0 Å². The highest BCUT2D eigenvalue weighted by molar-refractivity contribution is 5.51. The van der Waals surface area contributed by atoms with Gasteiger partial charge in [0.1, 0.15) is 0 Å². The van der Waals surface area contributed by atoms with Crippen LogP contribution >= 0.6 is 0 Å². The summed E-state index contributed by atoms with van der Waals surface area (Å²) in [6, 6.07) is 15.9. The standard InChI is InChI=1S/C16H17N3/c1-3-19(12-15-8-4-6-13(2)18-15)16-9-5-7-14(10-16)11-17/h4-10H,3,12H2,1-2H3. The predicted molar refractivity (Wildman–Crippen MR) is 76.9 cm³/mol. The van der Waals surface area contributed by atoms with Crippen LogP contribution in [-0.4, -0.2) is 11.5 Å². The van der Waals surface area contributed by atoms with Crippen LogP contribution in [0.5, 0.6) is 0 Å². The molecule has 3 heteroatoms. The molecule has 96 valence electrons. The van der Waals surface area contributed by atoms with E-state index < -0.39 is 0 Å². The lowest BCUT2D eigenvalue weighted by atomic mass is 10.2. The summed E-state index contributed by atoms with van der Waals surface area (Å²) >= 11 is 0. The molecular formula is C16H17N3. The van der Waals surface area contributed by atoms with Crippen LogP contribution in [0, 0.1) is 18.3 Å². The Labute approximate surface area is 114 Å². The van der Waals surface area contributed by atoms with Gasteiger partial charge < -0.3 is 4.90 Å². The first-order valence-electron chi connectivity index (χ1n) is 6.40. The summed E-state index contributed by atoms with van der Waals surface area (Å²) in [6.45, 7) is 5.74. The maximum atomic E-state index is 8.96. The van der Waals surface area contributed by atoms with E-state index >= 15 is 0 Å². The summed E-state index contributed by atoms with van der Waals surface area (Å²) in [6.07, 6.45) is 0. The third-order valence-electron chi connectivity index (χ3n) is 3.02. The van der Waals surface area contributed by atoms with Gasteiger partial charge in [0.25, 0.3) is 0 Å². The fourth-order valence-corrected chi connectivity index (χ4v) is 2.04. The molecule has 19 heavy (non-hydrogen) atoms. The summed E-state index contributed by atoms with van der Waals surface area (Å²) < 4.78 is 0. The highest BCUT2D eigenvalue weighted by atomic mass is 15.1. The van der Waals surface area contributed by atoms with Gasteiger partial charge in [-0.1, -0.05) is 12.1 Å². The molecule has 2 aromatic rings. The van der Waals surface area contributed by atoms with Crippen LogP contribution in [0.25, 0.3) is 0 Å². The molecule has 0 radical (unpaired) electrons. The van der Waals surface area contributed by atoms with Gasteiger partial charge in [0.05, 0.1) is 23.9 Å². The molecule has 0 saturated heterocycles. The minimum Gasteiger partial charge on any atom is -0.366 e. The fourth-order valence-electron chi connectivity index (χ4n) is 2.04. The Kier molecular flexibility index (Phi) is 4.15. The van der Waals surface area contributed by atoms with Gasteiger partial charge in [-0.2, -0.15) is 5.26 Å². The van der Waals surface area contributed by atoms with Crippen molar-refractivity contribution < 1.29 is 0 Å². The summed E-state index contributed by atoms with van der Waals surface area (Å²) in [4.78, 5) is 6.73. The van der Waals surface area contributed by atoms with Crippen molar-refractivity contribution >= 4 is 5.69 Å². The molecule has 1 aromatic heterocycles. The maximum absolute atomic E-state index is 8.96. The molecule has 2 rings (SSSR count). The Balaban J connectivity index is 2.22. The Bertz CT molecular complexity index is 599. The van der Waals surface area contributed by atoms with E-state index in [1.807, 2.05) is 49.4 Å². The molecule has 0 bridgehead atoms. The average molecular weight is 251 g/mol. The zero-order chi connectivity index (χ0) is 13.7. The number of anilines is 1. The summed E-state index contributed by atoms with van der Waals surface area (Å²) in [5.41, 5.74) is 3.82. The van der Waals surface area contributed by atoms with E-state index in [1.165, 1.54) is 0 Å². The van der Waals surface area contributed by atoms with Crippen LogP contribution < -0.4 is 4.90 Å². The lowest BCUT2D eigenvalue weighted by molar-refractivity contribution is 0.805. The molecule has 0 spiro atoms. The topological polar surface area (TPSA) is 39.9 Å². The van der Waals surface area contributed by atoms with Crippen molar-refractivity contribution in [2.75, 3.05) is 11.4 Å². The first kappa shape index (κ1) is 13.1. The molecule has 1 heterocycles. The van der Waals surface area contributed by atoms with E-state index in [9.17, 15) is 0 Å². The number of hydrogen-bond acceptors (Lipinski definition) is 3. The molecule has 0 atom stereocenters. The number of nitrogens with zero attached hydrogens (tertiary/aromatic N) is 3. The van der Waals surface area contributed by atoms with E-state index in [2.05, 4.69) is 22.9 Å². The van der Waals surface area contributed by atoms with Gasteiger partial charge in [0.15, 0.2) is 0 Å². The predicted octanol–water partition coefficient (Wildman–Crippen LogP) is 3.29. The number of aryl methyl sites for hydroxylation is 1. The molecular weight excluding hydrogens is 234 g/mol. The van der Waals surface area contributed by atoms with E-state index in [4.69, 9.17) is 5.26 Å². The van der Waals surface area contributed by atoms with Gasteiger partial charge >= 0.3 is 0 Å². The molecule has 0 aliphatic heterocycles. The Morgan fingerprint density at radius 2 is 2.00 bits per heavy atom. The van der Waals surface area contributed by atoms with E-state index in [1.54, 1.807) is 0 Å². The van der Waals surface area contributed by atoms with Crippen molar-refractivity contribution in [2.45, 2.75) is 20.4 Å². The quantitative estimate of drug-likeness (QED) is 0.837. The van der Waals surface area contributed by atoms with Crippen LogP contribution in [0.15, 0.2) is 42.5 Å². The molecule has 0 amide bonds. The van der Waals surface area contributed by atoms with Crippen LogP contribution in [0.2, 0.25) is 0 Å². The second-order valence-electron chi connectivity index (χ2n) is 4.45. The van der Waals surface area contributed by atoms with Crippen LogP contribution in [0.4, 0.5) is 5.69 Å². The molecule has 0 fully saturated rings. The number of nitriles is 1. The number of pyridine rings is 1. The molecule has 0 aliphatic carbocycles. The smallest absolute Gasteiger partial charge is 0.0992 e. The molecule has 3 nitrogen and oxygen atoms in total. The van der Waals surface area contributed by atoms with Crippen molar-refractivity contribution in [3.8, 4) is 6.07 Å². The van der Waals surface area contributed by atoms with Gasteiger partial charge in [-0.05, 0) is 44.2 Å². The Morgan fingerprint density at radius 1 is 1.21 bits per heavy atom. The largest absolute Gasteiger partial charge is 0.366 e. The SMILES string of the molecule is CCN(Cc1cccc(C)n1)c1cccc(C#N)c1. The van der Waals surface area contributed by atoms with Crippen molar-refractivity contribution in [1.82, 2.24) is 4.98 Å². The Morgan fingerprint density at radius 3 is 2.68 bits per heavy atom. The Hall–Kier alpha value is -2.34.